The van der Waals surface area contributed by atoms with E-state index in [-0.39, 0.29) is 10.0 Å². The molecule has 1 atom stereocenters. The van der Waals surface area contributed by atoms with Crippen LogP contribution >= 0.6 is 15.9 Å². The maximum absolute atomic E-state index is 14.1. The van der Waals surface area contributed by atoms with Crippen LogP contribution in [0.5, 0.6) is 5.75 Å². The van der Waals surface area contributed by atoms with Crippen molar-refractivity contribution in [1.29, 1.82) is 0 Å². The van der Waals surface area contributed by atoms with E-state index in [4.69, 9.17) is 10.5 Å². The summed E-state index contributed by atoms with van der Waals surface area (Å²) in [5.74, 6) is -0.719. The van der Waals surface area contributed by atoms with Crippen LogP contribution < -0.4 is 10.5 Å². The van der Waals surface area contributed by atoms with Gasteiger partial charge in [0.25, 0.3) is 0 Å². The average molecular weight is 342 g/mol. The van der Waals surface area contributed by atoms with E-state index in [9.17, 15) is 8.78 Å². The third-order valence-corrected chi connectivity index (χ3v) is 3.79. The monoisotopic (exact) mass is 341 g/mol. The van der Waals surface area contributed by atoms with Gasteiger partial charge in [-0.05, 0) is 52.2 Å². The number of ether oxygens (including phenoxy) is 1. The Kier molecular flexibility index (Phi) is 4.40. The van der Waals surface area contributed by atoms with Gasteiger partial charge >= 0.3 is 0 Å². The summed E-state index contributed by atoms with van der Waals surface area (Å²) in [7, 11) is 1.54. The zero-order valence-electron chi connectivity index (χ0n) is 11.1. The number of benzene rings is 2. The number of nitrogens with two attached hydrogens (primary N) is 1. The lowest BCUT2D eigenvalue weighted by molar-refractivity contribution is 0.410. The zero-order chi connectivity index (χ0) is 14.9. The molecule has 0 heterocycles. The zero-order valence-corrected chi connectivity index (χ0v) is 12.7. The summed E-state index contributed by atoms with van der Waals surface area (Å²) in [6.07, 6.45) is 0. The van der Waals surface area contributed by atoms with Gasteiger partial charge in [-0.2, -0.15) is 0 Å². The van der Waals surface area contributed by atoms with Gasteiger partial charge in [0, 0.05) is 5.56 Å². The van der Waals surface area contributed by atoms with Crippen LogP contribution in [-0.2, 0) is 0 Å². The van der Waals surface area contributed by atoms with E-state index >= 15 is 0 Å². The predicted octanol–water partition coefficient (Wildman–Crippen LogP) is 4.09. The minimum Gasteiger partial charge on any atom is -0.496 e. The second-order valence-corrected chi connectivity index (χ2v) is 5.32. The number of hydrogen-bond acceptors (Lipinski definition) is 2. The molecular formula is C15H14BrF2NO. The number of hydrogen-bond donors (Lipinski definition) is 1. The molecule has 2 aromatic carbocycles. The fourth-order valence-electron chi connectivity index (χ4n) is 2.02. The Balaban J connectivity index is 2.51. The van der Waals surface area contributed by atoms with Crippen molar-refractivity contribution in [2.24, 2.45) is 5.73 Å². The largest absolute Gasteiger partial charge is 0.496 e. The molecule has 2 aromatic rings. The molecule has 0 fully saturated rings. The molecule has 0 saturated heterocycles. The lowest BCUT2D eigenvalue weighted by atomic mass is 9.97. The second-order valence-electron chi connectivity index (χ2n) is 4.46. The molecule has 2 nitrogen and oxygen atoms in total. The third kappa shape index (κ3) is 2.69. The Bertz CT molecular complexity index is 646. The molecule has 0 aliphatic rings. The lowest BCUT2D eigenvalue weighted by Gasteiger charge is -2.16. The fraction of sp³-hybridized carbons (Fsp3) is 0.200. The Morgan fingerprint density at radius 2 is 1.90 bits per heavy atom. The topological polar surface area (TPSA) is 35.2 Å². The molecular weight excluding hydrogens is 328 g/mol. The summed E-state index contributed by atoms with van der Waals surface area (Å²) >= 11 is 3.04. The van der Waals surface area contributed by atoms with Crippen molar-refractivity contribution in [2.45, 2.75) is 13.0 Å². The highest BCUT2D eigenvalue weighted by molar-refractivity contribution is 9.10. The Morgan fingerprint density at radius 1 is 1.20 bits per heavy atom. The second kappa shape index (κ2) is 5.89. The lowest BCUT2D eigenvalue weighted by Crippen LogP contribution is -2.16. The molecule has 0 bridgehead atoms. The molecule has 5 heteroatoms. The van der Waals surface area contributed by atoms with E-state index in [1.54, 1.807) is 12.1 Å². The Labute approximate surface area is 124 Å². The highest BCUT2D eigenvalue weighted by atomic mass is 79.9. The van der Waals surface area contributed by atoms with Crippen molar-refractivity contribution in [1.82, 2.24) is 0 Å². The third-order valence-electron chi connectivity index (χ3n) is 3.18. The van der Waals surface area contributed by atoms with Crippen LogP contribution in [0.25, 0.3) is 0 Å². The number of rotatable bonds is 3. The minimum atomic E-state index is -0.901. The first-order valence-electron chi connectivity index (χ1n) is 5.99. The van der Waals surface area contributed by atoms with Crippen LogP contribution in [0.15, 0.2) is 34.8 Å². The summed E-state index contributed by atoms with van der Waals surface area (Å²) in [6.45, 7) is 1.88. The van der Waals surface area contributed by atoms with E-state index in [2.05, 4.69) is 15.9 Å². The fourth-order valence-corrected chi connectivity index (χ4v) is 2.37. The van der Waals surface area contributed by atoms with Gasteiger partial charge in [-0.1, -0.05) is 12.1 Å². The van der Waals surface area contributed by atoms with Crippen LogP contribution in [-0.4, -0.2) is 7.11 Å². The number of halogens is 3. The molecule has 0 saturated carbocycles. The summed E-state index contributed by atoms with van der Waals surface area (Å²) in [4.78, 5) is 0. The van der Waals surface area contributed by atoms with Crippen molar-refractivity contribution in [3.8, 4) is 5.75 Å². The van der Waals surface area contributed by atoms with Crippen LogP contribution in [0.2, 0.25) is 0 Å². The maximum Gasteiger partial charge on any atom is 0.145 e. The average Bonchev–Trinajstić information content (AvgIpc) is 2.43. The summed E-state index contributed by atoms with van der Waals surface area (Å²) in [5.41, 5.74) is 7.36. The molecule has 20 heavy (non-hydrogen) atoms. The van der Waals surface area contributed by atoms with Gasteiger partial charge in [0.15, 0.2) is 0 Å². The van der Waals surface area contributed by atoms with E-state index in [0.29, 0.717) is 11.3 Å². The first-order valence-corrected chi connectivity index (χ1v) is 6.78. The quantitative estimate of drug-likeness (QED) is 0.853. The van der Waals surface area contributed by atoms with Gasteiger partial charge in [-0.25, -0.2) is 8.78 Å². The van der Waals surface area contributed by atoms with Gasteiger partial charge in [-0.15, -0.1) is 0 Å². The summed E-state index contributed by atoms with van der Waals surface area (Å²) < 4.78 is 33.3. The molecule has 1 unspecified atom stereocenters. The molecule has 106 valence electrons. The minimum absolute atomic E-state index is 0.162. The maximum atomic E-state index is 14.1. The van der Waals surface area contributed by atoms with Gasteiger partial charge < -0.3 is 10.5 Å². The molecule has 0 radical (unpaired) electrons. The van der Waals surface area contributed by atoms with E-state index in [0.717, 1.165) is 5.56 Å². The van der Waals surface area contributed by atoms with Crippen LogP contribution in [0, 0.1) is 18.6 Å². The van der Waals surface area contributed by atoms with Gasteiger partial charge in [-0.3, -0.25) is 0 Å². The van der Waals surface area contributed by atoms with Crippen molar-refractivity contribution in [3.63, 3.8) is 0 Å². The van der Waals surface area contributed by atoms with Gasteiger partial charge in [0.2, 0.25) is 0 Å². The standard InChI is InChI=1S/C15H14BrF2NO/c1-8-3-4-9(7-12(8)20-2)15(19)13-11(17)6-5-10(16)14(13)18/h3-7,15H,19H2,1-2H3. The molecule has 2 N–H and O–H groups in total. The van der Waals surface area contributed by atoms with Crippen molar-refractivity contribution < 1.29 is 13.5 Å². The first kappa shape index (κ1) is 14.9. The summed E-state index contributed by atoms with van der Waals surface area (Å²) in [5, 5.41) is 0. The van der Waals surface area contributed by atoms with E-state index in [1.165, 1.54) is 19.2 Å². The highest BCUT2D eigenvalue weighted by Crippen LogP contribution is 2.31. The van der Waals surface area contributed by atoms with Crippen LogP contribution in [0.1, 0.15) is 22.7 Å². The molecule has 0 aliphatic carbocycles. The smallest absolute Gasteiger partial charge is 0.145 e. The first-order chi connectivity index (χ1) is 9.45. The number of methoxy groups -OCH3 is 1. The van der Waals surface area contributed by atoms with Crippen molar-refractivity contribution in [3.05, 3.63) is 63.1 Å². The Hall–Kier alpha value is -1.46. The van der Waals surface area contributed by atoms with Crippen molar-refractivity contribution in [2.75, 3.05) is 7.11 Å². The molecule has 0 aliphatic heterocycles. The van der Waals surface area contributed by atoms with Crippen LogP contribution in [0.4, 0.5) is 8.78 Å². The Morgan fingerprint density at radius 3 is 2.55 bits per heavy atom. The van der Waals surface area contributed by atoms with E-state index < -0.39 is 17.7 Å². The molecule has 0 aromatic heterocycles. The predicted molar refractivity (Wildman–Crippen MR) is 77.8 cm³/mol. The molecule has 0 spiro atoms. The van der Waals surface area contributed by atoms with E-state index in [1.807, 2.05) is 13.0 Å². The number of aryl methyl sites for hydroxylation is 1. The van der Waals surface area contributed by atoms with Gasteiger partial charge in [0.1, 0.15) is 17.4 Å². The SMILES string of the molecule is COc1cc(C(N)c2c(F)ccc(Br)c2F)ccc1C. The molecule has 2 rings (SSSR count). The summed E-state index contributed by atoms with van der Waals surface area (Å²) in [6, 6.07) is 6.84. The van der Waals surface area contributed by atoms with Crippen molar-refractivity contribution >= 4 is 15.9 Å². The van der Waals surface area contributed by atoms with Gasteiger partial charge in [0.05, 0.1) is 17.6 Å². The van der Waals surface area contributed by atoms with Crippen LogP contribution in [0.3, 0.4) is 0 Å². The normalized spacial score (nSPS) is 12.3. The molecule has 0 amide bonds. The highest BCUT2D eigenvalue weighted by Gasteiger charge is 2.21.